The predicted molar refractivity (Wildman–Crippen MR) is 66.6 cm³/mol. The number of nitrogens with one attached hydrogen (secondary N) is 1. The number of rotatable bonds is 4. The van der Waals surface area contributed by atoms with Gasteiger partial charge >= 0.3 is 5.97 Å². The first-order valence-corrected chi connectivity index (χ1v) is 5.99. The van der Waals surface area contributed by atoms with Gasteiger partial charge in [-0.2, -0.15) is 0 Å². The Kier molecular flexibility index (Phi) is 4.00. The molecule has 1 N–H and O–H groups in total. The zero-order valence-electron chi connectivity index (χ0n) is 9.81. The Balaban J connectivity index is 1.82. The number of carbonyl (C=O) groups is 2. The molecular weight excluding hydrogens is 320 g/mol. The Morgan fingerprint density at radius 2 is 2.26 bits per heavy atom. The molecule has 2 aromatic rings. The fourth-order valence-corrected chi connectivity index (χ4v) is 1.53. The van der Waals surface area contributed by atoms with Crippen LogP contribution in [0.4, 0.5) is 5.88 Å². The zero-order valence-corrected chi connectivity index (χ0v) is 11.4. The third-order valence-corrected chi connectivity index (χ3v) is 2.43. The van der Waals surface area contributed by atoms with Gasteiger partial charge in [0.1, 0.15) is 0 Å². The van der Waals surface area contributed by atoms with Gasteiger partial charge in [-0.25, -0.2) is 4.79 Å². The van der Waals surface area contributed by atoms with Crippen LogP contribution in [0.1, 0.15) is 16.2 Å². The van der Waals surface area contributed by atoms with Crippen molar-refractivity contribution in [3.63, 3.8) is 0 Å². The van der Waals surface area contributed by atoms with Gasteiger partial charge in [-0.3, -0.25) is 10.1 Å². The van der Waals surface area contributed by atoms with E-state index in [9.17, 15) is 9.59 Å². The van der Waals surface area contributed by atoms with Crippen LogP contribution in [-0.4, -0.2) is 23.6 Å². The van der Waals surface area contributed by atoms with E-state index in [-0.39, 0.29) is 11.6 Å². The van der Waals surface area contributed by atoms with Gasteiger partial charge in [0.2, 0.25) is 11.6 Å². The van der Waals surface area contributed by atoms with Crippen molar-refractivity contribution in [3.05, 3.63) is 34.3 Å². The highest BCUT2D eigenvalue weighted by Gasteiger charge is 2.14. The minimum absolute atomic E-state index is 0.00943. The average Bonchev–Trinajstić information content (AvgIpc) is 2.95. The zero-order chi connectivity index (χ0) is 13.8. The Labute approximate surface area is 116 Å². The summed E-state index contributed by atoms with van der Waals surface area (Å²) in [6.07, 6.45) is 0. The van der Waals surface area contributed by atoms with Gasteiger partial charge in [0.15, 0.2) is 11.3 Å². The lowest BCUT2D eigenvalue weighted by atomic mass is 10.4. The Bertz CT molecular complexity index is 604. The number of aryl methyl sites for hydroxylation is 1. The first-order valence-electron chi connectivity index (χ1n) is 5.20. The third-order valence-electron chi connectivity index (χ3n) is 2.00. The van der Waals surface area contributed by atoms with Gasteiger partial charge in [0.05, 0.1) is 5.69 Å². The molecule has 100 valence electrons. The maximum atomic E-state index is 11.5. The van der Waals surface area contributed by atoms with Crippen molar-refractivity contribution < 1.29 is 23.3 Å². The molecule has 0 fully saturated rings. The molecule has 0 spiro atoms. The van der Waals surface area contributed by atoms with Crippen LogP contribution in [0.5, 0.6) is 0 Å². The highest BCUT2D eigenvalue weighted by molar-refractivity contribution is 9.10. The molecule has 0 aliphatic heterocycles. The third kappa shape index (κ3) is 3.68. The molecule has 7 nitrogen and oxygen atoms in total. The van der Waals surface area contributed by atoms with E-state index in [1.807, 2.05) is 0 Å². The average molecular weight is 329 g/mol. The largest absolute Gasteiger partial charge is 0.450 e. The van der Waals surface area contributed by atoms with Crippen LogP contribution in [-0.2, 0) is 9.53 Å². The lowest BCUT2D eigenvalue weighted by molar-refractivity contribution is -0.119. The highest BCUT2D eigenvalue weighted by atomic mass is 79.9. The minimum Gasteiger partial charge on any atom is -0.450 e. The van der Waals surface area contributed by atoms with Crippen LogP contribution in [0, 0.1) is 6.92 Å². The molecule has 0 saturated heterocycles. The van der Waals surface area contributed by atoms with Crippen LogP contribution in [0.15, 0.2) is 31.8 Å². The summed E-state index contributed by atoms with van der Waals surface area (Å²) in [7, 11) is 0. The van der Waals surface area contributed by atoms with Crippen LogP contribution >= 0.6 is 15.9 Å². The van der Waals surface area contributed by atoms with E-state index >= 15 is 0 Å². The minimum atomic E-state index is -0.727. The van der Waals surface area contributed by atoms with Crippen LogP contribution in [0.2, 0.25) is 0 Å². The molecule has 2 rings (SSSR count). The summed E-state index contributed by atoms with van der Waals surface area (Å²) >= 11 is 3.05. The highest BCUT2D eigenvalue weighted by Crippen LogP contribution is 2.14. The lowest BCUT2D eigenvalue weighted by Gasteiger charge is -2.02. The van der Waals surface area contributed by atoms with Crippen LogP contribution in [0.25, 0.3) is 0 Å². The maximum Gasteiger partial charge on any atom is 0.374 e. The van der Waals surface area contributed by atoms with Crippen molar-refractivity contribution in [1.82, 2.24) is 5.16 Å². The number of hydrogen-bond donors (Lipinski definition) is 1. The van der Waals surface area contributed by atoms with Crippen molar-refractivity contribution in [3.8, 4) is 0 Å². The summed E-state index contributed by atoms with van der Waals surface area (Å²) in [5, 5.41) is 5.99. The summed E-state index contributed by atoms with van der Waals surface area (Å²) in [6, 6.07) is 4.53. The van der Waals surface area contributed by atoms with Gasteiger partial charge in [0.25, 0.3) is 5.91 Å². The number of esters is 1. The molecule has 0 radical (unpaired) electrons. The Morgan fingerprint density at radius 1 is 1.47 bits per heavy atom. The second kappa shape index (κ2) is 5.70. The van der Waals surface area contributed by atoms with Gasteiger partial charge < -0.3 is 13.7 Å². The second-order valence-corrected chi connectivity index (χ2v) is 4.34. The number of furan rings is 1. The quantitative estimate of drug-likeness (QED) is 0.864. The monoisotopic (exact) mass is 328 g/mol. The van der Waals surface area contributed by atoms with Gasteiger partial charge in [-0.15, -0.1) is 0 Å². The van der Waals surface area contributed by atoms with E-state index < -0.39 is 18.5 Å². The first kappa shape index (κ1) is 13.3. The van der Waals surface area contributed by atoms with Crippen molar-refractivity contribution in [2.75, 3.05) is 11.9 Å². The number of carbonyl (C=O) groups excluding carboxylic acids is 2. The lowest BCUT2D eigenvalue weighted by Crippen LogP contribution is -2.20. The van der Waals surface area contributed by atoms with Crippen LogP contribution < -0.4 is 5.32 Å². The standard InChI is InChI=1S/C11H9BrN2O5/c1-6-4-10(19-14-6)13-9(15)5-17-11(16)7-2-3-8(12)18-7/h2-4H,5H2,1H3,(H,13,15). The number of amides is 1. The number of aromatic nitrogens is 1. The van der Waals surface area contributed by atoms with Gasteiger partial charge in [-0.1, -0.05) is 5.16 Å². The number of ether oxygens (including phenoxy) is 1. The number of halogens is 1. The predicted octanol–water partition coefficient (Wildman–Crippen LogP) is 2.13. The molecule has 2 heterocycles. The molecule has 0 atom stereocenters. The molecule has 0 aromatic carbocycles. The summed E-state index contributed by atoms with van der Waals surface area (Å²) in [5.74, 6) is -1.06. The smallest absolute Gasteiger partial charge is 0.374 e. The molecule has 0 aliphatic carbocycles. The van der Waals surface area contributed by atoms with E-state index in [4.69, 9.17) is 13.7 Å². The second-order valence-electron chi connectivity index (χ2n) is 3.56. The van der Waals surface area contributed by atoms with E-state index in [0.29, 0.717) is 10.4 Å². The summed E-state index contributed by atoms with van der Waals surface area (Å²) in [5.41, 5.74) is 0.632. The molecule has 2 aromatic heterocycles. The summed E-state index contributed by atoms with van der Waals surface area (Å²) < 4.78 is 14.9. The molecule has 1 amide bonds. The molecular formula is C11H9BrN2O5. The van der Waals surface area contributed by atoms with Crippen molar-refractivity contribution >= 4 is 33.7 Å². The van der Waals surface area contributed by atoms with E-state index in [1.54, 1.807) is 19.1 Å². The van der Waals surface area contributed by atoms with Gasteiger partial charge in [0, 0.05) is 6.07 Å². The SMILES string of the molecule is Cc1cc(NC(=O)COC(=O)c2ccc(Br)o2)on1. The topological polar surface area (TPSA) is 94.6 Å². The van der Waals surface area contributed by atoms with Crippen molar-refractivity contribution in [1.29, 1.82) is 0 Å². The fraction of sp³-hybridized carbons (Fsp3) is 0.182. The molecule has 0 aliphatic rings. The maximum absolute atomic E-state index is 11.5. The number of hydrogen-bond acceptors (Lipinski definition) is 6. The fourth-order valence-electron chi connectivity index (χ4n) is 1.22. The Hall–Kier alpha value is -2.09. The van der Waals surface area contributed by atoms with Crippen LogP contribution in [0.3, 0.4) is 0 Å². The number of anilines is 1. The summed E-state index contributed by atoms with van der Waals surface area (Å²) in [4.78, 5) is 22.9. The molecule has 0 bridgehead atoms. The molecule has 0 unspecified atom stereocenters. The summed E-state index contributed by atoms with van der Waals surface area (Å²) in [6.45, 7) is 1.27. The Morgan fingerprint density at radius 3 is 2.84 bits per heavy atom. The van der Waals surface area contributed by atoms with E-state index in [0.717, 1.165) is 0 Å². The molecule has 0 saturated carbocycles. The number of nitrogens with zero attached hydrogens (tertiary/aromatic N) is 1. The van der Waals surface area contributed by atoms with Gasteiger partial charge in [-0.05, 0) is 35.0 Å². The van der Waals surface area contributed by atoms with E-state index in [1.165, 1.54) is 6.07 Å². The normalized spacial score (nSPS) is 10.2. The van der Waals surface area contributed by atoms with E-state index in [2.05, 4.69) is 26.4 Å². The molecule has 19 heavy (non-hydrogen) atoms. The molecule has 8 heteroatoms. The first-order chi connectivity index (χ1) is 9.04. The van der Waals surface area contributed by atoms with Crippen molar-refractivity contribution in [2.24, 2.45) is 0 Å². The van der Waals surface area contributed by atoms with Crippen molar-refractivity contribution in [2.45, 2.75) is 6.92 Å².